The zero-order valence-electron chi connectivity index (χ0n) is 12.1. The normalized spacial score (nSPS) is 13.6. The van der Waals surface area contributed by atoms with Gasteiger partial charge in [0.1, 0.15) is 0 Å². The Morgan fingerprint density at radius 1 is 1.22 bits per heavy atom. The fourth-order valence-corrected chi connectivity index (χ4v) is 2.77. The molecule has 0 radical (unpaired) electrons. The molecule has 0 aliphatic rings. The molecule has 0 spiro atoms. The Kier molecular flexibility index (Phi) is 6.37. The van der Waals surface area contributed by atoms with Crippen LogP contribution in [0.2, 0.25) is 0 Å². The van der Waals surface area contributed by atoms with Gasteiger partial charge in [-0.1, -0.05) is 61.8 Å². The van der Waals surface area contributed by atoms with Crippen LogP contribution in [0.5, 0.6) is 0 Å². The van der Waals surface area contributed by atoms with E-state index in [9.17, 15) is 0 Å². The maximum Gasteiger partial charge on any atom is 0.0207 e. The minimum atomic E-state index is 0.337. The average Bonchev–Trinajstić information content (AvgIpc) is 2.29. The zero-order chi connectivity index (χ0) is 13.6. The van der Waals surface area contributed by atoms with E-state index >= 15 is 0 Å². The summed E-state index contributed by atoms with van der Waals surface area (Å²) in [6.07, 6.45) is 3.62. The second-order valence-electron chi connectivity index (χ2n) is 5.96. The topological polar surface area (TPSA) is 12.0 Å². The minimum absolute atomic E-state index is 0.337. The largest absolute Gasteiger partial charge is 0.314 e. The van der Waals surface area contributed by atoms with Crippen molar-refractivity contribution >= 4 is 15.9 Å². The first-order chi connectivity index (χ1) is 8.45. The summed E-state index contributed by atoms with van der Waals surface area (Å²) in [7, 11) is 0. The van der Waals surface area contributed by atoms with Crippen LogP contribution in [0.25, 0.3) is 0 Å². The lowest BCUT2D eigenvalue weighted by Crippen LogP contribution is -2.40. The molecule has 1 rings (SSSR count). The predicted molar refractivity (Wildman–Crippen MR) is 84.0 cm³/mol. The molecule has 0 aliphatic heterocycles. The van der Waals surface area contributed by atoms with Crippen molar-refractivity contribution in [3.8, 4) is 0 Å². The van der Waals surface area contributed by atoms with Gasteiger partial charge < -0.3 is 5.32 Å². The maximum atomic E-state index is 3.62. The number of nitrogens with one attached hydrogen (secondary N) is 1. The van der Waals surface area contributed by atoms with Crippen molar-refractivity contribution in [1.82, 2.24) is 5.32 Å². The molecule has 0 saturated carbocycles. The van der Waals surface area contributed by atoms with E-state index in [4.69, 9.17) is 0 Å². The molecule has 1 atom stereocenters. The van der Waals surface area contributed by atoms with Crippen LogP contribution >= 0.6 is 15.9 Å². The van der Waals surface area contributed by atoms with Crippen molar-refractivity contribution in [2.45, 2.75) is 53.0 Å². The SMILES string of the molecule is CCNC(CCCc1ccccc1Br)C(C)(C)C. The Bertz CT molecular complexity index is 354. The number of halogens is 1. The lowest BCUT2D eigenvalue weighted by molar-refractivity contribution is 0.254. The van der Waals surface area contributed by atoms with Gasteiger partial charge in [0.2, 0.25) is 0 Å². The number of hydrogen-bond donors (Lipinski definition) is 1. The van der Waals surface area contributed by atoms with Crippen LogP contribution in [-0.2, 0) is 6.42 Å². The Morgan fingerprint density at radius 3 is 2.44 bits per heavy atom. The van der Waals surface area contributed by atoms with Crippen LogP contribution < -0.4 is 5.32 Å². The summed E-state index contributed by atoms with van der Waals surface area (Å²) in [5.41, 5.74) is 1.76. The molecule has 0 bridgehead atoms. The second kappa shape index (κ2) is 7.30. The van der Waals surface area contributed by atoms with Crippen molar-refractivity contribution in [2.24, 2.45) is 5.41 Å². The third-order valence-corrected chi connectivity index (χ3v) is 4.17. The molecule has 18 heavy (non-hydrogen) atoms. The maximum absolute atomic E-state index is 3.62. The predicted octanol–water partition coefficient (Wildman–Crippen LogP) is 4.80. The molecule has 0 heterocycles. The number of benzene rings is 1. The molecular formula is C16H26BrN. The lowest BCUT2D eigenvalue weighted by atomic mass is 9.83. The van der Waals surface area contributed by atoms with Crippen LogP contribution in [-0.4, -0.2) is 12.6 Å². The number of hydrogen-bond acceptors (Lipinski definition) is 1. The standard InChI is InChI=1S/C16H26BrN/c1-5-18-15(16(2,3)4)12-8-10-13-9-6-7-11-14(13)17/h6-7,9,11,15,18H,5,8,10,12H2,1-4H3. The summed E-state index contributed by atoms with van der Waals surface area (Å²) in [6.45, 7) is 10.2. The quantitative estimate of drug-likeness (QED) is 0.796. The van der Waals surface area contributed by atoms with E-state index in [1.165, 1.54) is 22.9 Å². The van der Waals surface area contributed by atoms with E-state index in [1.807, 2.05) is 0 Å². The highest BCUT2D eigenvalue weighted by molar-refractivity contribution is 9.10. The zero-order valence-corrected chi connectivity index (χ0v) is 13.7. The van der Waals surface area contributed by atoms with Crippen molar-refractivity contribution < 1.29 is 0 Å². The van der Waals surface area contributed by atoms with E-state index in [2.05, 4.69) is 73.2 Å². The third kappa shape index (κ3) is 5.11. The van der Waals surface area contributed by atoms with E-state index in [-0.39, 0.29) is 0 Å². The molecule has 0 aromatic heterocycles. The van der Waals surface area contributed by atoms with E-state index < -0.39 is 0 Å². The Balaban J connectivity index is 2.47. The van der Waals surface area contributed by atoms with Gasteiger partial charge in [-0.15, -0.1) is 0 Å². The first-order valence-corrected chi connectivity index (χ1v) is 7.71. The van der Waals surface area contributed by atoms with Gasteiger partial charge >= 0.3 is 0 Å². The van der Waals surface area contributed by atoms with Gasteiger partial charge in [-0.25, -0.2) is 0 Å². The van der Waals surface area contributed by atoms with Gasteiger partial charge in [-0.3, -0.25) is 0 Å². The van der Waals surface area contributed by atoms with Crippen molar-refractivity contribution in [2.75, 3.05) is 6.54 Å². The second-order valence-corrected chi connectivity index (χ2v) is 6.81. The third-order valence-electron chi connectivity index (χ3n) is 3.39. The molecule has 2 heteroatoms. The fourth-order valence-electron chi connectivity index (χ4n) is 2.29. The summed E-state index contributed by atoms with van der Waals surface area (Å²) in [5.74, 6) is 0. The van der Waals surface area contributed by atoms with Gasteiger partial charge in [0.05, 0.1) is 0 Å². The highest BCUT2D eigenvalue weighted by Gasteiger charge is 2.22. The number of rotatable bonds is 6. The molecule has 102 valence electrons. The van der Waals surface area contributed by atoms with Gasteiger partial charge in [0.25, 0.3) is 0 Å². The summed E-state index contributed by atoms with van der Waals surface area (Å²) < 4.78 is 1.24. The van der Waals surface area contributed by atoms with E-state index in [0.29, 0.717) is 11.5 Å². The molecule has 1 aromatic carbocycles. The summed E-state index contributed by atoms with van der Waals surface area (Å²) in [4.78, 5) is 0. The Hall–Kier alpha value is -0.340. The van der Waals surface area contributed by atoms with E-state index in [0.717, 1.165) is 13.0 Å². The first-order valence-electron chi connectivity index (χ1n) is 6.92. The lowest BCUT2D eigenvalue weighted by Gasteiger charge is -2.31. The summed E-state index contributed by atoms with van der Waals surface area (Å²) in [5, 5.41) is 3.61. The van der Waals surface area contributed by atoms with Crippen molar-refractivity contribution in [3.63, 3.8) is 0 Å². The highest BCUT2D eigenvalue weighted by Crippen LogP contribution is 2.24. The van der Waals surface area contributed by atoms with Crippen LogP contribution in [0.3, 0.4) is 0 Å². The van der Waals surface area contributed by atoms with Crippen molar-refractivity contribution in [3.05, 3.63) is 34.3 Å². The molecule has 0 amide bonds. The van der Waals surface area contributed by atoms with Crippen LogP contribution in [0, 0.1) is 5.41 Å². The summed E-state index contributed by atoms with van der Waals surface area (Å²) in [6, 6.07) is 9.13. The molecule has 0 fully saturated rings. The van der Waals surface area contributed by atoms with Gasteiger partial charge in [-0.2, -0.15) is 0 Å². The smallest absolute Gasteiger partial charge is 0.0207 e. The monoisotopic (exact) mass is 311 g/mol. The minimum Gasteiger partial charge on any atom is -0.314 e. The van der Waals surface area contributed by atoms with Gasteiger partial charge in [-0.05, 0) is 42.9 Å². The molecule has 1 N–H and O–H groups in total. The molecule has 0 aliphatic carbocycles. The Morgan fingerprint density at radius 2 is 1.89 bits per heavy atom. The highest BCUT2D eigenvalue weighted by atomic mass is 79.9. The molecule has 1 unspecified atom stereocenters. The molecular weight excluding hydrogens is 286 g/mol. The van der Waals surface area contributed by atoms with Crippen LogP contribution in [0.15, 0.2) is 28.7 Å². The van der Waals surface area contributed by atoms with Gasteiger partial charge in [0, 0.05) is 10.5 Å². The first kappa shape index (κ1) is 15.7. The Labute approximate surface area is 120 Å². The number of aryl methyl sites for hydroxylation is 1. The van der Waals surface area contributed by atoms with Crippen LogP contribution in [0.1, 0.15) is 46.1 Å². The van der Waals surface area contributed by atoms with Crippen molar-refractivity contribution in [1.29, 1.82) is 0 Å². The van der Waals surface area contributed by atoms with Gasteiger partial charge in [0.15, 0.2) is 0 Å². The molecule has 1 nitrogen and oxygen atoms in total. The van der Waals surface area contributed by atoms with Crippen LogP contribution in [0.4, 0.5) is 0 Å². The fraction of sp³-hybridized carbons (Fsp3) is 0.625. The van der Waals surface area contributed by atoms with E-state index in [1.54, 1.807) is 0 Å². The summed E-state index contributed by atoms with van der Waals surface area (Å²) >= 11 is 3.62. The molecule has 1 aromatic rings. The average molecular weight is 312 g/mol. The molecule has 0 saturated heterocycles.